The number of hydrogen-bond acceptors (Lipinski definition) is 5. The topological polar surface area (TPSA) is 51.0 Å². The third-order valence-electron chi connectivity index (χ3n) is 3.07. The van der Waals surface area contributed by atoms with E-state index < -0.39 is 0 Å². The van der Waals surface area contributed by atoms with Crippen molar-refractivity contribution in [1.82, 2.24) is 15.5 Å². The van der Waals surface area contributed by atoms with Crippen molar-refractivity contribution in [3.05, 3.63) is 41.5 Å². The molecule has 1 unspecified atom stereocenters. The van der Waals surface area contributed by atoms with Crippen LogP contribution in [0, 0.1) is 0 Å². The van der Waals surface area contributed by atoms with Gasteiger partial charge in [0.1, 0.15) is 0 Å². The zero-order valence-corrected chi connectivity index (χ0v) is 11.9. The highest BCUT2D eigenvalue weighted by atomic mass is 32.2. The molecule has 4 nitrogen and oxygen atoms in total. The summed E-state index contributed by atoms with van der Waals surface area (Å²) in [5.41, 5.74) is 1.37. The molecule has 3 rings (SSSR count). The molecule has 5 heteroatoms. The van der Waals surface area contributed by atoms with Crippen LogP contribution in [0.1, 0.15) is 36.4 Å². The molecule has 19 heavy (non-hydrogen) atoms. The van der Waals surface area contributed by atoms with E-state index in [2.05, 4.69) is 53.6 Å². The fourth-order valence-corrected chi connectivity index (χ4v) is 3.31. The van der Waals surface area contributed by atoms with Crippen molar-refractivity contribution < 1.29 is 4.52 Å². The molecule has 0 spiro atoms. The molecule has 0 saturated carbocycles. The predicted octanol–water partition coefficient (Wildman–Crippen LogP) is 2.96. The van der Waals surface area contributed by atoms with Crippen LogP contribution in [-0.2, 0) is 13.0 Å². The average Bonchev–Trinajstić information content (AvgIpc) is 3.02. The number of thioether (sulfide) groups is 1. The van der Waals surface area contributed by atoms with Crippen LogP contribution in [0.2, 0.25) is 0 Å². The molecular formula is C14H17N3OS. The summed E-state index contributed by atoms with van der Waals surface area (Å²) >= 11 is 1.81. The van der Waals surface area contributed by atoms with E-state index in [0.717, 1.165) is 18.1 Å². The van der Waals surface area contributed by atoms with Crippen LogP contribution in [0.5, 0.6) is 0 Å². The summed E-state index contributed by atoms with van der Waals surface area (Å²) in [6.07, 6.45) is 0.972. The van der Waals surface area contributed by atoms with E-state index in [1.807, 2.05) is 11.8 Å². The van der Waals surface area contributed by atoms with Gasteiger partial charge in [-0.25, -0.2) is 0 Å². The Morgan fingerprint density at radius 3 is 3.05 bits per heavy atom. The molecule has 2 aromatic rings. The smallest absolute Gasteiger partial charge is 0.240 e. The molecule has 1 N–H and O–H groups in total. The summed E-state index contributed by atoms with van der Waals surface area (Å²) in [6.45, 7) is 4.86. The average molecular weight is 275 g/mol. The molecule has 100 valence electrons. The van der Waals surface area contributed by atoms with Gasteiger partial charge < -0.3 is 9.84 Å². The number of aromatic nitrogens is 2. The van der Waals surface area contributed by atoms with E-state index in [0.29, 0.717) is 12.6 Å². The lowest BCUT2D eigenvalue weighted by molar-refractivity contribution is 0.369. The Labute approximate surface area is 117 Å². The van der Waals surface area contributed by atoms with Crippen LogP contribution < -0.4 is 5.32 Å². The highest BCUT2D eigenvalue weighted by molar-refractivity contribution is 7.99. The molecule has 1 aromatic heterocycles. The highest BCUT2D eigenvalue weighted by Crippen LogP contribution is 2.45. The normalized spacial score (nSPS) is 17.9. The third kappa shape index (κ3) is 2.82. The molecule has 1 aliphatic rings. The zero-order valence-electron chi connectivity index (χ0n) is 11.1. The summed E-state index contributed by atoms with van der Waals surface area (Å²) in [5, 5.41) is 7.59. The van der Waals surface area contributed by atoms with Gasteiger partial charge in [-0.3, -0.25) is 0 Å². The van der Waals surface area contributed by atoms with Gasteiger partial charge in [0.05, 0.1) is 11.8 Å². The van der Waals surface area contributed by atoms with E-state index in [-0.39, 0.29) is 5.25 Å². The Balaban J connectivity index is 1.68. The van der Waals surface area contributed by atoms with Gasteiger partial charge in [0.15, 0.2) is 5.82 Å². The van der Waals surface area contributed by atoms with Crippen LogP contribution in [0.25, 0.3) is 0 Å². The van der Waals surface area contributed by atoms with Gasteiger partial charge in [-0.15, -0.1) is 11.8 Å². The number of nitrogens with one attached hydrogen (secondary N) is 1. The van der Waals surface area contributed by atoms with Crippen LogP contribution in [0.3, 0.4) is 0 Å². The van der Waals surface area contributed by atoms with Gasteiger partial charge in [-0.2, -0.15) is 4.98 Å². The number of nitrogens with zero attached hydrogens (tertiary/aromatic N) is 2. The molecule has 1 atom stereocenters. The van der Waals surface area contributed by atoms with Crippen molar-refractivity contribution in [3.63, 3.8) is 0 Å². The number of fused-ring (bicyclic) bond motifs is 1. The molecule has 0 saturated heterocycles. The summed E-state index contributed by atoms with van der Waals surface area (Å²) in [4.78, 5) is 5.81. The molecule has 1 aromatic carbocycles. The minimum atomic E-state index is 0.262. The third-order valence-corrected chi connectivity index (χ3v) is 4.38. The maximum absolute atomic E-state index is 5.39. The van der Waals surface area contributed by atoms with E-state index in [4.69, 9.17) is 4.52 Å². The van der Waals surface area contributed by atoms with Gasteiger partial charge >= 0.3 is 0 Å². The first-order valence-corrected chi connectivity index (χ1v) is 7.41. The van der Waals surface area contributed by atoms with Crippen LogP contribution in [0.4, 0.5) is 0 Å². The minimum Gasteiger partial charge on any atom is -0.338 e. The molecule has 0 bridgehead atoms. The first-order valence-electron chi connectivity index (χ1n) is 6.53. The number of benzene rings is 1. The Morgan fingerprint density at radius 1 is 1.42 bits per heavy atom. The first kappa shape index (κ1) is 12.7. The number of rotatable bonds is 4. The monoisotopic (exact) mass is 275 g/mol. The maximum atomic E-state index is 5.39. The molecular weight excluding hydrogens is 258 g/mol. The number of hydrogen-bond donors (Lipinski definition) is 1. The summed E-state index contributed by atoms with van der Waals surface area (Å²) in [7, 11) is 0. The van der Waals surface area contributed by atoms with E-state index in [1.165, 1.54) is 10.5 Å². The molecule has 0 aliphatic carbocycles. The Morgan fingerprint density at radius 2 is 2.26 bits per heavy atom. The highest BCUT2D eigenvalue weighted by Gasteiger charge is 2.27. The van der Waals surface area contributed by atoms with Crippen LogP contribution >= 0.6 is 11.8 Å². The summed E-state index contributed by atoms with van der Waals surface area (Å²) in [6, 6.07) is 8.89. The SMILES string of the molecule is CC(C)NCc1noc(C2Cc3ccccc3S2)n1. The van der Waals surface area contributed by atoms with Crippen molar-refractivity contribution in [1.29, 1.82) is 0 Å². The fraction of sp³-hybridized carbons (Fsp3) is 0.429. The van der Waals surface area contributed by atoms with Crippen molar-refractivity contribution in [2.75, 3.05) is 0 Å². The fourth-order valence-electron chi connectivity index (χ4n) is 2.09. The van der Waals surface area contributed by atoms with Gasteiger partial charge in [-0.05, 0) is 18.1 Å². The van der Waals surface area contributed by atoms with Gasteiger partial charge in [-0.1, -0.05) is 37.2 Å². The predicted molar refractivity (Wildman–Crippen MR) is 75.0 cm³/mol. The lowest BCUT2D eigenvalue weighted by Crippen LogP contribution is -2.22. The van der Waals surface area contributed by atoms with Gasteiger partial charge in [0.25, 0.3) is 0 Å². The van der Waals surface area contributed by atoms with Crippen molar-refractivity contribution in [2.45, 2.75) is 43.0 Å². The van der Waals surface area contributed by atoms with Gasteiger partial charge in [0.2, 0.25) is 5.89 Å². The van der Waals surface area contributed by atoms with Crippen LogP contribution in [0.15, 0.2) is 33.7 Å². The second kappa shape index (κ2) is 5.35. The lowest BCUT2D eigenvalue weighted by atomic mass is 10.1. The standard InChI is InChI=1S/C14H17N3OS/c1-9(2)15-8-13-16-14(18-17-13)12-7-10-5-3-4-6-11(10)19-12/h3-6,9,12,15H,7-8H2,1-2H3. The van der Waals surface area contributed by atoms with Gasteiger partial charge in [0, 0.05) is 10.9 Å². The Hall–Kier alpha value is -1.33. The van der Waals surface area contributed by atoms with E-state index in [9.17, 15) is 0 Å². The molecule has 2 heterocycles. The summed E-state index contributed by atoms with van der Waals surface area (Å²) < 4.78 is 5.39. The Kier molecular flexibility index (Phi) is 3.57. The molecule has 1 aliphatic heterocycles. The molecule has 0 fully saturated rings. The first-order chi connectivity index (χ1) is 9.22. The minimum absolute atomic E-state index is 0.262. The van der Waals surface area contributed by atoms with Crippen molar-refractivity contribution in [3.8, 4) is 0 Å². The zero-order chi connectivity index (χ0) is 13.2. The van der Waals surface area contributed by atoms with E-state index >= 15 is 0 Å². The van der Waals surface area contributed by atoms with Crippen LogP contribution in [-0.4, -0.2) is 16.2 Å². The van der Waals surface area contributed by atoms with Crippen molar-refractivity contribution in [2.24, 2.45) is 0 Å². The molecule has 0 radical (unpaired) electrons. The largest absolute Gasteiger partial charge is 0.338 e. The summed E-state index contributed by atoms with van der Waals surface area (Å²) in [5.74, 6) is 1.47. The Bertz CT molecular complexity index is 542. The molecule has 0 amide bonds. The lowest BCUT2D eigenvalue weighted by Gasteiger charge is -2.03. The second-order valence-electron chi connectivity index (χ2n) is 5.00. The van der Waals surface area contributed by atoms with E-state index in [1.54, 1.807) is 0 Å². The van der Waals surface area contributed by atoms with Crippen molar-refractivity contribution >= 4 is 11.8 Å². The quantitative estimate of drug-likeness (QED) is 0.929. The second-order valence-corrected chi connectivity index (χ2v) is 6.25. The maximum Gasteiger partial charge on any atom is 0.240 e.